The normalized spacial score (nSPS) is 11.2. The number of rotatable bonds is 5. The summed E-state index contributed by atoms with van der Waals surface area (Å²) in [5, 5.41) is 0.291. The lowest BCUT2D eigenvalue weighted by atomic mass is 10.2. The first-order valence-corrected chi connectivity index (χ1v) is 6.56. The Balaban J connectivity index is 2.86. The molecule has 0 heterocycles. The van der Waals surface area contributed by atoms with Gasteiger partial charge in [0.15, 0.2) is 11.6 Å². The molecule has 1 rings (SSSR count). The van der Waals surface area contributed by atoms with Crippen molar-refractivity contribution >= 4 is 21.9 Å². The van der Waals surface area contributed by atoms with E-state index in [4.69, 9.17) is 9.47 Å². The van der Waals surface area contributed by atoms with Crippen LogP contribution in [0.15, 0.2) is 30.0 Å². The summed E-state index contributed by atoms with van der Waals surface area (Å²) in [5.41, 5.74) is 0.484. The Hall–Kier alpha value is -1.36. The number of aryl methyl sites for hydroxylation is 1. The van der Waals surface area contributed by atoms with E-state index in [1.807, 2.05) is 0 Å². The molecular weight excluding hydrogens is 303 g/mol. The van der Waals surface area contributed by atoms with E-state index in [1.54, 1.807) is 26.0 Å². The summed E-state index contributed by atoms with van der Waals surface area (Å²) in [6, 6.07) is 4.83. The van der Waals surface area contributed by atoms with Crippen molar-refractivity contribution in [3.05, 3.63) is 41.4 Å². The van der Waals surface area contributed by atoms with Crippen molar-refractivity contribution < 1.29 is 18.7 Å². The summed E-state index contributed by atoms with van der Waals surface area (Å²) < 4.78 is 23.8. The first kappa shape index (κ1) is 14.7. The molecule has 1 aromatic rings. The fourth-order valence-electron chi connectivity index (χ4n) is 1.25. The second-order valence-electron chi connectivity index (χ2n) is 3.49. The van der Waals surface area contributed by atoms with Gasteiger partial charge in [-0.05, 0) is 25.5 Å². The summed E-state index contributed by atoms with van der Waals surface area (Å²) in [5.74, 6) is -0.573. The maximum absolute atomic E-state index is 13.7. The fourth-order valence-corrected chi connectivity index (χ4v) is 1.53. The summed E-state index contributed by atoms with van der Waals surface area (Å²) in [7, 11) is 0. The Morgan fingerprint density at radius 1 is 1.50 bits per heavy atom. The molecule has 0 radical (unpaired) electrons. The van der Waals surface area contributed by atoms with E-state index >= 15 is 0 Å². The average Bonchev–Trinajstić information content (AvgIpc) is 2.34. The highest BCUT2D eigenvalue weighted by atomic mass is 79.9. The molecule has 0 aliphatic carbocycles. The predicted octanol–water partition coefficient (Wildman–Crippen LogP) is 3.35. The largest absolute Gasteiger partial charge is 0.463 e. The Labute approximate surface area is 114 Å². The molecule has 1 aromatic carbocycles. The van der Waals surface area contributed by atoms with Crippen molar-refractivity contribution in [1.29, 1.82) is 0 Å². The van der Waals surface area contributed by atoms with Crippen LogP contribution in [0.3, 0.4) is 0 Å². The molecule has 98 valence electrons. The number of alkyl halides is 1. The van der Waals surface area contributed by atoms with Gasteiger partial charge in [0.25, 0.3) is 0 Å². The highest BCUT2D eigenvalue weighted by Crippen LogP contribution is 2.22. The van der Waals surface area contributed by atoms with Gasteiger partial charge in [0.1, 0.15) is 5.76 Å². The number of halogens is 2. The van der Waals surface area contributed by atoms with Crippen molar-refractivity contribution in [1.82, 2.24) is 0 Å². The second-order valence-corrected chi connectivity index (χ2v) is 4.05. The monoisotopic (exact) mass is 316 g/mol. The standard InChI is InChI=1S/C13H14BrFO3/c1-3-17-12(16)7-10(8-14)18-11-6-4-5-9(2)13(11)15/h4-7H,3,8H2,1-2H3/b10-7+. The average molecular weight is 317 g/mol. The van der Waals surface area contributed by atoms with Gasteiger partial charge >= 0.3 is 5.97 Å². The van der Waals surface area contributed by atoms with Crippen LogP contribution in [0.5, 0.6) is 5.75 Å². The van der Waals surface area contributed by atoms with E-state index in [1.165, 1.54) is 12.1 Å². The van der Waals surface area contributed by atoms with E-state index in [2.05, 4.69) is 15.9 Å². The van der Waals surface area contributed by atoms with Crippen LogP contribution in [-0.4, -0.2) is 17.9 Å². The van der Waals surface area contributed by atoms with Gasteiger partial charge in [-0.1, -0.05) is 28.1 Å². The van der Waals surface area contributed by atoms with Crippen LogP contribution in [0.4, 0.5) is 4.39 Å². The zero-order chi connectivity index (χ0) is 13.5. The quantitative estimate of drug-likeness (QED) is 0.362. The lowest BCUT2D eigenvalue weighted by Crippen LogP contribution is -2.06. The van der Waals surface area contributed by atoms with Crippen LogP contribution in [0, 0.1) is 12.7 Å². The lowest BCUT2D eigenvalue weighted by molar-refractivity contribution is -0.137. The number of carbonyl (C=O) groups excluding carboxylic acids is 1. The van der Waals surface area contributed by atoms with Crippen molar-refractivity contribution in [3.63, 3.8) is 0 Å². The van der Waals surface area contributed by atoms with Crippen molar-refractivity contribution in [2.45, 2.75) is 13.8 Å². The molecule has 3 nitrogen and oxygen atoms in total. The molecule has 0 saturated carbocycles. The molecule has 0 N–H and O–H groups in total. The van der Waals surface area contributed by atoms with Crippen LogP contribution < -0.4 is 4.74 Å². The van der Waals surface area contributed by atoms with E-state index < -0.39 is 11.8 Å². The van der Waals surface area contributed by atoms with E-state index in [-0.39, 0.29) is 18.1 Å². The molecule has 0 amide bonds. The molecular formula is C13H14BrFO3. The van der Waals surface area contributed by atoms with Crippen LogP contribution >= 0.6 is 15.9 Å². The maximum atomic E-state index is 13.7. The van der Waals surface area contributed by atoms with Gasteiger partial charge in [0.2, 0.25) is 0 Å². The lowest BCUT2D eigenvalue weighted by Gasteiger charge is -2.09. The van der Waals surface area contributed by atoms with E-state index in [9.17, 15) is 9.18 Å². The molecule has 0 unspecified atom stereocenters. The van der Waals surface area contributed by atoms with Gasteiger partial charge in [-0.2, -0.15) is 0 Å². The first-order valence-electron chi connectivity index (χ1n) is 5.44. The summed E-state index contributed by atoms with van der Waals surface area (Å²) in [6.45, 7) is 3.63. The van der Waals surface area contributed by atoms with E-state index in [0.717, 1.165) is 0 Å². The molecule has 0 atom stereocenters. The second kappa shape index (κ2) is 7.16. The number of benzene rings is 1. The number of hydrogen-bond donors (Lipinski definition) is 0. The van der Waals surface area contributed by atoms with Gasteiger partial charge in [0.05, 0.1) is 18.0 Å². The van der Waals surface area contributed by atoms with Crippen molar-refractivity contribution in [2.75, 3.05) is 11.9 Å². The summed E-state index contributed by atoms with van der Waals surface area (Å²) in [4.78, 5) is 11.3. The number of allylic oxidation sites excluding steroid dienone is 1. The molecule has 0 aromatic heterocycles. The fraction of sp³-hybridized carbons (Fsp3) is 0.308. The summed E-state index contributed by atoms with van der Waals surface area (Å²) >= 11 is 3.17. The highest BCUT2D eigenvalue weighted by Gasteiger charge is 2.09. The number of esters is 1. The van der Waals surface area contributed by atoms with Crippen LogP contribution in [-0.2, 0) is 9.53 Å². The summed E-state index contributed by atoms with van der Waals surface area (Å²) in [6.07, 6.45) is 1.19. The number of ether oxygens (including phenoxy) is 2. The molecule has 0 aliphatic rings. The van der Waals surface area contributed by atoms with Crippen LogP contribution in [0.1, 0.15) is 12.5 Å². The molecule has 0 aliphatic heterocycles. The molecule has 0 bridgehead atoms. The molecule has 0 fully saturated rings. The van der Waals surface area contributed by atoms with Gasteiger partial charge < -0.3 is 9.47 Å². The predicted molar refractivity (Wildman–Crippen MR) is 70.3 cm³/mol. The van der Waals surface area contributed by atoms with Gasteiger partial charge in [-0.15, -0.1) is 0 Å². The SMILES string of the molecule is CCOC(=O)/C=C(\CBr)Oc1cccc(C)c1F. The number of hydrogen-bond acceptors (Lipinski definition) is 3. The van der Waals surface area contributed by atoms with Crippen LogP contribution in [0.2, 0.25) is 0 Å². The molecule has 0 spiro atoms. The van der Waals surface area contributed by atoms with Gasteiger partial charge in [0, 0.05) is 0 Å². The zero-order valence-electron chi connectivity index (χ0n) is 10.2. The third kappa shape index (κ3) is 4.14. The van der Waals surface area contributed by atoms with Gasteiger partial charge in [-0.25, -0.2) is 9.18 Å². The Morgan fingerprint density at radius 2 is 2.22 bits per heavy atom. The highest BCUT2D eigenvalue weighted by molar-refractivity contribution is 9.09. The third-order valence-corrected chi connectivity index (χ3v) is 2.65. The van der Waals surface area contributed by atoms with Crippen molar-refractivity contribution in [2.24, 2.45) is 0 Å². The van der Waals surface area contributed by atoms with Crippen molar-refractivity contribution in [3.8, 4) is 5.75 Å². The minimum Gasteiger partial charge on any atom is -0.463 e. The minimum atomic E-state index is -0.514. The molecule has 0 saturated heterocycles. The molecule has 5 heteroatoms. The smallest absolute Gasteiger partial charge is 0.334 e. The Kier molecular flexibility index (Phi) is 5.85. The third-order valence-electron chi connectivity index (χ3n) is 2.09. The molecule has 18 heavy (non-hydrogen) atoms. The topological polar surface area (TPSA) is 35.5 Å². The zero-order valence-corrected chi connectivity index (χ0v) is 11.8. The van der Waals surface area contributed by atoms with Crippen LogP contribution in [0.25, 0.3) is 0 Å². The Morgan fingerprint density at radius 3 is 2.83 bits per heavy atom. The van der Waals surface area contributed by atoms with Gasteiger partial charge in [-0.3, -0.25) is 0 Å². The minimum absolute atomic E-state index is 0.0880. The first-order chi connectivity index (χ1) is 8.58. The van der Waals surface area contributed by atoms with E-state index in [0.29, 0.717) is 10.9 Å². The maximum Gasteiger partial charge on any atom is 0.334 e. The Bertz CT molecular complexity index is 458. The number of carbonyl (C=O) groups is 1.